The Morgan fingerprint density at radius 3 is 2.37 bits per heavy atom. The van der Waals surface area contributed by atoms with Crippen molar-refractivity contribution in [2.45, 2.75) is 26.2 Å². The molecule has 0 radical (unpaired) electrons. The maximum absolute atomic E-state index is 12.9. The monoisotopic (exact) mass is 439 g/mol. The number of nitrogens with one attached hydrogen (secondary N) is 1. The number of hydrogen-bond acceptors (Lipinski definition) is 6. The van der Waals surface area contributed by atoms with Gasteiger partial charge in [-0.2, -0.15) is 0 Å². The number of aromatic nitrogens is 1. The number of hydrogen-bond donors (Lipinski definition) is 1. The minimum Gasteiger partial charge on any atom is -0.354 e. The lowest BCUT2D eigenvalue weighted by molar-refractivity contribution is -0.136. The second kappa shape index (κ2) is 9.17. The predicted molar refractivity (Wildman–Crippen MR) is 112 cm³/mol. The number of urea groups is 1. The van der Waals surface area contributed by atoms with Gasteiger partial charge in [0.15, 0.2) is 11.6 Å². The summed E-state index contributed by atoms with van der Waals surface area (Å²) in [6, 6.07) is 1.34. The number of nitrogens with zero attached hydrogens (tertiary/aromatic N) is 4. The molecule has 0 atom stereocenters. The van der Waals surface area contributed by atoms with E-state index in [4.69, 9.17) is 4.52 Å². The topological polar surface area (TPSA) is 116 Å². The van der Waals surface area contributed by atoms with Gasteiger partial charge >= 0.3 is 6.03 Å². The number of carbonyl (C=O) groups is 2. The Bertz CT molecular complexity index is 904. The molecule has 11 heteroatoms. The van der Waals surface area contributed by atoms with E-state index >= 15 is 0 Å². The molecule has 2 saturated heterocycles. The van der Waals surface area contributed by atoms with Gasteiger partial charge < -0.3 is 14.3 Å². The first-order valence-corrected chi connectivity index (χ1v) is 11.9. The van der Waals surface area contributed by atoms with E-state index < -0.39 is 10.0 Å². The highest BCUT2D eigenvalue weighted by molar-refractivity contribution is 7.88. The third kappa shape index (κ3) is 5.39. The molecule has 166 valence electrons. The van der Waals surface area contributed by atoms with Crippen LogP contribution in [0, 0.1) is 5.92 Å². The summed E-state index contributed by atoms with van der Waals surface area (Å²) in [5.41, 5.74) is 0.717. The number of piperidine rings is 1. The molecule has 2 fully saturated rings. The van der Waals surface area contributed by atoms with E-state index in [2.05, 4.69) is 17.1 Å². The van der Waals surface area contributed by atoms with Crippen LogP contribution in [-0.2, 0) is 14.8 Å². The number of amides is 3. The molecule has 0 aliphatic carbocycles. The maximum atomic E-state index is 12.9. The van der Waals surface area contributed by atoms with Crippen LogP contribution in [-0.4, -0.2) is 85.1 Å². The molecular weight excluding hydrogens is 410 g/mol. The Balaban J connectivity index is 1.51. The average Bonchev–Trinajstić information content (AvgIpc) is 3.02. The van der Waals surface area contributed by atoms with E-state index in [1.807, 2.05) is 0 Å². The zero-order valence-corrected chi connectivity index (χ0v) is 18.3. The quantitative estimate of drug-likeness (QED) is 0.759. The molecule has 1 N–H and O–H groups in total. The lowest BCUT2D eigenvalue weighted by Gasteiger charge is -2.32. The lowest BCUT2D eigenvalue weighted by atomic mass is 9.96. The summed E-state index contributed by atoms with van der Waals surface area (Å²) in [4.78, 5) is 28.9. The summed E-state index contributed by atoms with van der Waals surface area (Å²) in [5, 5.41) is 6.53. The van der Waals surface area contributed by atoms with E-state index in [0.717, 1.165) is 0 Å². The first-order chi connectivity index (χ1) is 14.1. The van der Waals surface area contributed by atoms with Crippen LogP contribution in [0.2, 0.25) is 0 Å². The van der Waals surface area contributed by atoms with Gasteiger partial charge in [0.25, 0.3) is 0 Å². The number of allylic oxidation sites excluding steroid dienone is 1. The Morgan fingerprint density at radius 2 is 1.77 bits per heavy atom. The van der Waals surface area contributed by atoms with Crippen molar-refractivity contribution in [3.05, 3.63) is 18.4 Å². The van der Waals surface area contributed by atoms with Gasteiger partial charge in [0.05, 0.1) is 6.26 Å². The SMILES string of the molecule is C=C(C)c1cc(NC(=O)N2CCCN(C(=O)C3CCN(S(C)(=O)=O)CC3)CC2)no1. The van der Waals surface area contributed by atoms with Crippen molar-refractivity contribution in [2.75, 3.05) is 50.8 Å². The molecule has 0 spiro atoms. The summed E-state index contributed by atoms with van der Waals surface area (Å²) in [7, 11) is -3.21. The van der Waals surface area contributed by atoms with Crippen LogP contribution in [0.3, 0.4) is 0 Å². The van der Waals surface area contributed by atoms with E-state index in [1.165, 1.54) is 10.6 Å². The summed E-state index contributed by atoms with van der Waals surface area (Å²) in [6.45, 7) is 8.31. The van der Waals surface area contributed by atoms with Crippen LogP contribution in [0.5, 0.6) is 0 Å². The van der Waals surface area contributed by atoms with Crippen molar-refractivity contribution in [3.8, 4) is 0 Å². The molecule has 0 saturated carbocycles. The highest BCUT2D eigenvalue weighted by Gasteiger charge is 2.32. The van der Waals surface area contributed by atoms with Crippen molar-refractivity contribution in [3.63, 3.8) is 0 Å². The zero-order valence-electron chi connectivity index (χ0n) is 17.5. The summed E-state index contributed by atoms with van der Waals surface area (Å²) in [6.07, 6.45) is 2.94. The van der Waals surface area contributed by atoms with Crippen LogP contribution >= 0.6 is 0 Å². The molecule has 2 aliphatic heterocycles. The molecule has 3 amide bonds. The van der Waals surface area contributed by atoms with Gasteiger partial charge in [-0.1, -0.05) is 11.7 Å². The molecule has 0 bridgehead atoms. The van der Waals surface area contributed by atoms with E-state index in [9.17, 15) is 18.0 Å². The second-order valence-electron chi connectivity index (χ2n) is 7.89. The van der Waals surface area contributed by atoms with Gasteiger partial charge in [-0.05, 0) is 31.8 Å². The van der Waals surface area contributed by atoms with Crippen molar-refractivity contribution >= 4 is 33.4 Å². The van der Waals surface area contributed by atoms with Crippen molar-refractivity contribution in [2.24, 2.45) is 5.92 Å². The minimum absolute atomic E-state index is 0.0491. The van der Waals surface area contributed by atoms with E-state index in [1.54, 1.807) is 22.8 Å². The highest BCUT2D eigenvalue weighted by atomic mass is 32.2. The Morgan fingerprint density at radius 1 is 1.13 bits per heavy atom. The van der Waals surface area contributed by atoms with Gasteiger partial charge in [-0.15, -0.1) is 0 Å². The Hall–Kier alpha value is -2.40. The van der Waals surface area contributed by atoms with Crippen LogP contribution in [0.15, 0.2) is 17.2 Å². The number of rotatable bonds is 4. The summed E-state index contributed by atoms with van der Waals surface area (Å²) >= 11 is 0. The fourth-order valence-electron chi connectivity index (χ4n) is 3.76. The molecule has 1 aromatic heterocycles. The van der Waals surface area contributed by atoms with Crippen LogP contribution < -0.4 is 5.32 Å². The minimum atomic E-state index is -3.21. The van der Waals surface area contributed by atoms with Crippen LogP contribution in [0.1, 0.15) is 31.9 Å². The second-order valence-corrected chi connectivity index (χ2v) is 9.87. The van der Waals surface area contributed by atoms with Gasteiger partial charge in [0, 0.05) is 51.3 Å². The van der Waals surface area contributed by atoms with E-state index in [-0.39, 0.29) is 17.9 Å². The van der Waals surface area contributed by atoms with Crippen LogP contribution in [0.4, 0.5) is 10.6 Å². The molecule has 0 aromatic carbocycles. The maximum Gasteiger partial charge on any atom is 0.323 e. The highest BCUT2D eigenvalue weighted by Crippen LogP contribution is 2.22. The molecular formula is C19H29N5O5S. The summed E-state index contributed by atoms with van der Waals surface area (Å²) in [5.74, 6) is 0.722. The van der Waals surface area contributed by atoms with Gasteiger partial charge in [0.1, 0.15) is 0 Å². The van der Waals surface area contributed by atoms with Crippen molar-refractivity contribution in [1.82, 2.24) is 19.3 Å². The Kier molecular flexibility index (Phi) is 6.81. The average molecular weight is 440 g/mol. The molecule has 2 aliphatic rings. The normalized spacial score (nSPS) is 19.4. The molecule has 30 heavy (non-hydrogen) atoms. The number of sulfonamides is 1. The summed E-state index contributed by atoms with van der Waals surface area (Å²) < 4.78 is 29.8. The van der Waals surface area contributed by atoms with Gasteiger partial charge in [0.2, 0.25) is 15.9 Å². The number of anilines is 1. The molecule has 3 rings (SSSR count). The molecule has 0 unspecified atom stereocenters. The van der Waals surface area contributed by atoms with E-state index in [0.29, 0.717) is 75.7 Å². The first-order valence-electron chi connectivity index (χ1n) is 10.1. The zero-order chi connectivity index (χ0) is 21.9. The third-order valence-electron chi connectivity index (χ3n) is 5.53. The smallest absolute Gasteiger partial charge is 0.323 e. The predicted octanol–water partition coefficient (Wildman–Crippen LogP) is 1.45. The number of carbonyl (C=O) groups excluding carboxylic acids is 2. The fraction of sp³-hybridized carbons (Fsp3) is 0.632. The fourth-order valence-corrected chi connectivity index (χ4v) is 4.63. The van der Waals surface area contributed by atoms with Crippen molar-refractivity contribution in [1.29, 1.82) is 0 Å². The molecule has 3 heterocycles. The Labute approximate surface area is 176 Å². The molecule has 10 nitrogen and oxygen atoms in total. The van der Waals surface area contributed by atoms with Gasteiger partial charge in [-0.3, -0.25) is 10.1 Å². The molecule has 1 aromatic rings. The standard InChI is InChI=1S/C19H29N5O5S/c1-14(2)16-13-17(21-29-16)20-19(26)23-8-4-7-22(11-12-23)18(25)15-5-9-24(10-6-15)30(3,27)28/h13,15H,1,4-12H2,2-3H3,(H,20,21,26). The largest absolute Gasteiger partial charge is 0.354 e. The van der Waals surface area contributed by atoms with Crippen molar-refractivity contribution < 1.29 is 22.5 Å². The lowest BCUT2D eigenvalue weighted by Crippen LogP contribution is -2.45. The van der Waals surface area contributed by atoms with Gasteiger partial charge in [-0.25, -0.2) is 17.5 Å². The first kappa shape index (κ1) is 22.3. The van der Waals surface area contributed by atoms with Crippen LogP contribution in [0.25, 0.3) is 5.57 Å². The third-order valence-corrected chi connectivity index (χ3v) is 6.84.